The molecule has 1 heterocycles. The van der Waals surface area contributed by atoms with Crippen LogP contribution in [0.1, 0.15) is 18.4 Å². The molecule has 1 unspecified atom stereocenters. The van der Waals surface area contributed by atoms with E-state index in [1.54, 1.807) is 12.1 Å². The molecule has 0 radical (unpaired) electrons. The number of anilines is 1. The third-order valence-electron chi connectivity index (χ3n) is 3.92. The Morgan fingerprint density at radius 1 is 1.15 bits per heavy atom. The first-order chi connectivity index (χ1) is 13.0. The second-order valence-electron chi connectivity index (χ2n) is 5.94. The molecule has 0 aromatic heterocycles. The molecule has 0 fully saturated rings. The van der Waals surface area contributed by atoms with Crippen molar-refractivity contribution in [1.82, 2.24) is 5.32 Å². The van der Waals surface area contributed by atoms with Crippen LogP contribution in [0.3, 0.4) is 0 Å². The molecular formula is C19H17ClFN3O3. The van der Waals surface area contributed by atoms with Gasteiger partial charge in [-0.05, 0) is 42.0 Å². The van der Waals surface area contributed by atoms with E-state index < -0.39 is 6.10 Å². The molecule has 1 aliphatic rings. The minimum absolute atomic E-state index is 0.0841. The smallest absolute Gasteiger partial charge is 0.264 e. The number of benzene rings is 2. The fraction of sp³-hybridized carbons (Fsp3) is 0.211. The minimum Gasteiger partial charge on any atom is -0.382 e. The molecule has 0 saturated heterocycles. The van der Waals surface area contributed by atoms with Crippen LogP contribution >= 0.6 is 11.6 Å². The average molecular weight is 390 g/mol. The van der Waals surface area contributed by atoms with Crippen molar-refractivity contribution in [2.45, 2.75) is 18.9 Å². The van der Waals surface area contributed by atoms with Gasteiger partial charge < -0.3 is 15.5 Å². The van der Waals surface area contributed by atoms with Crippen LogP contribution in [-0.4, -0.2) is 30.2 Å². The Morgan fingerprint density at radius 2 is 1.85 bits per heavy atom. The molecule has 8 heteroatoms. The van der Waals surface area contributed by atoms with Crippen LogP contribution in [0.25, 0.3) is 0 Å². The van der Waals surface area contributed by atoms with Crippen molar-refractivity contribution in [2.24, 2.45) is 5.16 Å². The normalized spacial score (nSPS) is 15.6. The molecule has 2 amide bonds. The lowest BCUT2D eigenvalue weighted by molar-refractivity contribution is -0.131. The Kier molecular flexibility index (Phi) is 6.03. The standard InChI is InChI=1S/C19H17ClFN3O3/c20-13-3-1-12(2-4-13)16-11-17(27-24-16)19(26)22-10-9-18(25)23-15-7-5-14(21)6-8-15/h1-8,17H,9-11H2,(H,22,26)(H,23,25). The highest BCUT2D eigenvalue weighted by molar-refractivity contribution is 6.30. The molecule has 2 N–H and O–H groups in total. The summed E-state index contributed by atoms with van der Waals surface area (Å²) in [7, 11) is 0. The molecule has 140 valence electrons. The van der Waals surface area contributed by atoms with Gasteiger partial charge in [0.15, 0.2) is 0 Å². The Morgan fingerprint density at radius 3 is 2.56 bits per heavy atom. The third-order valence-corrected chi connectivity index (χ3v) is 4.17. The van der Waals surface area contributed by atoms with E-state index in [2.05, 4.69) is 15.8 Å². The van der Waals surface area contributed by atoms with Gasteiger partial charge in [-0.1, -0.05) is 28.9 Å². The van der Waals surface area contributed by atoms with Crippen LogP contribution in [0.5, 0.6) is 0 Å². The van der Waals surface area contributed by atoms with Crippen molar-refractivity contribution in [3.63, 3.8) is 0 Å². The lowest BCUT2D eigenvalue weighted by atomic mass is 10.0. The number of carbonyl (C=O) groups is 2. The molecule has 6 nitrogen and oxygen atoms in total. The van der Waals surface area contributed by atoms with Crippen molar-refractivity contribution in [2.75, 3.05) is 11.9 Å². The number of halogens is 2. The summed E-state index contributed by atoms with van der Waals surface area (Å²) in [6.07, 6.45) is -0.300. The van der Waals surface area contributed by atoms with Gasteiger partial charge in [0.25, 0.3) is 5.91 Å². The molecule has 3 rings (SSSR count). The maximum Gasteiger partial charge on any atom is 0.264 e. The molecule has 0 aliphatic carbocycles. The van der Waals surface area contributed by atoms with Crippen molar-refractivity contribution in [1.29, 1.82) is 0 Å². The van der Waals surface area contributed by atoms with E-state index in [9.17, 15) is 14.0 Å². The highest BCUT2D eigenvalue weighted by atomic mass is 35.5. The summed E-state index contributed by atoms with van der Waals surface area (Å²) in [4.78, 5) is 29.2. The molecule has 0 saturated carbocycles. The van der Waals surface area contributed by atoms with Gasteiger partial charge >= 0.3 is 0 Å². The third kappa shape index (κ3) is 5.27. The summed E-state index contributed by atoms with van der Waals surface area (Å²) >= 11 is 5.85. The average Bonchev–Trinajstić information content (AvgIpc) is 3.14. The zero-order valence-electron chi connectivity index (χ0n) is 14.2. The van der Waals surface area contributed by atoms with Gasteiger partial charge in [-0.15, -0.1) is 0 Å². The van der Waals surface area contributed by atoms with Gasteiger partial charge in [0.05, 0.1) is 5.71 Å². The number of nitrogens with one attached hydrogen (secondary N) is 2. The summed E-state index contributed by atoms with van der Waals surface area (Å²) in [5.74, 6) is -0.998. The molecule has 0 spiro atoms. The summed E-state index contributed by atoms with van der Waals surface area (Å²) in [5, 5.41) is 9.84. The molecule has 0 bridgehead atoms. The maximum atomic E-state index is 12.8. The first-order valence-corrected chi connectivity index (χ1v) is 8.71. The van der Waals surface area contributed by atoms with E-state index in [0.717, 1.165) is 5.56 Å². The van der Waals surface area contributed by atoms with E-state index in [0.29, 0.717) is 22.8 Å². The summed E-state index contributed by atoms with van der Waals surface area (Å²) < 4.78 is 12.8. The molecule has 1 atom stereocenters. The molecule has 27 heavy (non-hydrogen) atoms. The number of nitrogens with zero attached hydrogens (tertiary/aromatic N) is 1. The highest BCUT2D eigenvalue weighted by Gasteiger charge is 2.28. The summed E-state index contributed by atoms with van der Waals surface area (Å²) in [6.45, 7) is 0.155. The van der Waals surface area contributed by atoms with E-state index in [1.165, 1.54) is 24.3 Å². The van der Waals surface area contributed by atoms with Crippen LogP contribution in [0, 0.1) is 5.82 Å². The van der Waals surface area contributed by atoms with Crippen molar-refractivity contribution < 1.29 is 18.8 Å². The number of carbonyl (C=O) groups excluding carboxylic acids is 2. The molecule has 2 aromatic rings. The zero-order valence-corrected chi connectivity index (χ0v) is 15.0. The van der Waals surface area contributed by atoms with Crippen molar-refractivity contribution in [3.8, 4) is 0 Å². The predicted octanol–water partition coefficient (Wildman–Crippen LogP) is 3.12. The second-order valence-corrected chi connectivity index (χ2v) is 6.38. The topological polar surface area (TPSA) is 79.8 Å². The van der Waals surface area contributed by atoms with Crippen LogP contribution in [0.4, 0.5) is 10.1 Å². The first kappa shape index (κ1) is 18.8. The van der Waals surface area contributed by atoms with Crippen molar-refractivity contribution >= 4 is 34.8 Å². The highest BCUT2D eigenvalue weighted by Crippen LogP contribution is 2.18. The SMILES string of the molecule is O=C(CCNC(=O)C1CC(c2ccc(Cl)cc2)=NO1)Nc1ccc(F)cc1. The predicted molar refractivity (Wildman–Crippen MR) is 100 cm³/mol. The fourth-order valence-electron chi connectivity index (χ4n) is 2.50. The molecule has 1 aliphatic heterocycles. The van der Waals surface area contributed by atoms with Crippen LogP contribution in [0.2, 0.25) is 5.02 Å². The Labute approximate surface area is 160 Å². The van der Waals surface area contributed by atoms with Crippen LogP contribution in [-0.2, 0) is 14.4 Å². The zero-order chi connectivity index (χ0) is 19.2. The molecular weight excluding hydrogens is 373 g/mol. The first-order valence-electron chi connectivity index (χ1n) is 8.33. The maximum absolute atomic E-state index is 12.8. The van der Waals surface area contributed by atoms with Gasteiger partial charge in [-0.2, -0.15) is 0 Å². The summed E-state index contributed by atoms with van der Waals surface area (Å²) in [6, 6.07) is 12.6. The summed E-state index contributed by atoms with van der Waals surface area (Å²) in [5.41, 5.74) is 2.00. The van der Waals surface area contributed by atoms with E-state index in [-0.39, 0.29) is 30.6 Å². The number of oxime groups is 1. The number of hydrogen-bond donors (Lipinski definition) is 2. The monoisotopic (exact) mass is 389 g/mol. The Bertz CT molecular complexity index is 854. The van der Waals surface area contributed by atoms with E-state index in [4.69, 9.17) is 16.4 Å². The minimum atomic E-state index is -0.726. The number of hydrogen-bond acceptors (Lipinski definition) is 4. The number of amides is 2. The van der Waals surface area contributed by atoms with Gasteiger partial charge in [0.2, 0.25) is 12.0 Å². The van der Waals surface area contributed by atoms with Crippen molar-refractivity contribution in [3.05, 3.63) is 64.9 Å². The van der Waals surface area contributed by atoms with Crippen LogP contribution < -0.4 is 10.6 Å². The van der Waals surface area contributed by atoms with Gasteiger partial charge in [-0.25, -0.2) is 4.39 Å². The molecule has 2 aromatic carbocycles. The lowest BCUT2D eigenvalue weighted by Gasteiger charge is -2.10. The largest absolute Gasteiger partial charge is 0.382 e. The Balaban J connectivity index is 1.40. The quantitative estimate of drug-likeness (QED) is 0.796. The fourth-order valence-corrected chi connectivity index (χ4v) is 2.63. The lowest BCUT2D eigenvalue weighted by Crippen LogP contribution is -2.36. The van der Waals surface area contributed by atoms with E-state index >= 15 is 0 Å². The van der Waals surface area contributed by atoms with Gasteiger partial charge in [-0.3, -0.25) is 9.59 Å². The number of rotatable bonds is 6. The van der Waals surface area contributed by atoms with Gasteiger partial charge in [0, 0.05) is 30.1 Å². The van der Waals surface area contributed by atoms with E-state index in [1.807, 2.05) is 12.1 Å². The van der Waals surface area contributed by atoms with Gasteiger partial charge in [0.1, 0.15) is 5.82 Å². The Hall–Kier alpha value is -2.93. The van der Waals surface area contributed by atoms with Crippen LogP contribution in [0.15, 0.2) is 53.7 Å². The second kappa shape index (κ2) is 8.64.